The molecular weight excluding hydrogens is 850 g/mol. The molecule has 10 nitrogen and oxygen atoms in total. The number of allylic oxidation sites excluding steroid dienone is 10. The molecule has 0 aliphatic heterocycles. The molecule has 0 rings (SSSR count). The number of nitrogens with two attached hydrogens (primary N) is 1. The van der Waals surface area contributed by atoms with Crippen LogP contribution in [0.2, 0.25) is 0 Å². The fourth-order valence-corrected chi connectivity index (χ4v) is 8.23. The molecule has 0 spiro atoms. The molecule has 384 valence electrons. The SMILES string of the molecule is CC/C=C\C/C=C\C/C=C\C/C=C\C/C=C\CCCCCCCCCCOCC(COP(=O)(O)OCC(N)C(=O)O)OC(=O)CCCCCCCCCCCCCCCCCCCCCC. The first-order chi connectivity index (χ1) is 32.2. The fraction of sp³-hybridized carbons (Fsp3) is 0.782. The molecule has 0 aromatic carbocycles. The third-order valence-electron chi connectivity index (χ3n) is 11.6. The summed E-state index contributed by atoms with van der Waals surface area (Å²) in [5, 5.41) is 8.94. The summed E-state index contributed by atoms with van der Waals surface area (Å²) >= 11 is 0. The molecule has 66 heavy (non-hydrogen) atoms. The van der Waals surface area contributed by atoms with E-state index in [9.17, 15) is 19.0 Å². The molecule has 11 heteroatoms. The van der Waals surface area contributed by atoms with Gasteiger partial charge in [-0.25, -0.2) is 4.57 Å². The van der Waals surface area contributed by atoms with Gasteiger partial charge in [0.15, 0.2) is 0 Å². The molecule has 0 saturated carbocycles. The average Bonchev–Trinajstić information content (AvgIpc) is 3.30. The van der Waals surface area contributed by atoms with E-state index in [0.29, 0.717) is 13.0 Å². The maximum atomic E-state index is 12.7. The summed E-state index contributed by atoms with van der Waals surface area (Å²) in [6.07, 6.45) is 62.8. The highest BCUT2D eigenvalue weighted by Crippen LogP contribution is 2.43. The minimum atomic E-state index is -4.63. The summed E-state index contributed by atoms with van der Waals surface area (Å²) in [5.74, 6) is -1.78. The highest BCUT2D eigenvalue weighted by Gasteiger charge is 2.27. The summed E-state index contributed by atoms with van der Waals surface area (Å²) in [6, 6.07) is -1.48. The van der Waals surface area contributed by atoms with E-state index in [1.807, 2.05) is 0 Å². The van der Waals surface area contributed by atoms with Crippen LogP contribution in [0.1, 0.15) is 239 Å². The van der Waals surface area contributed by atoms with Crippen LogP contribution >= 0.6 is 7.82 Å². The van der Waals surface area contributed by atoms with Gasteiger partial charge in [-0.05, 0) is 57.8 Å². The van der Waals surface area contributed by atoms with Crippen molar-refractivity contribution in [3.05, 3.63) is 60.8 Å². The lowest BCUT2D eigenvalue weighted by Crippen LogP contribution is -2.34. The van der Waals surface area contributed by atoms with Crippen molar-refractivity contribution >= 4 is 19.8 Å². The standard InChI is InChI=1S/C55H100NO9P/c1-3-5-7-9-11-13-15-17-19-21-23-25-26-27-28-30-32-34-36-38-40-42-44-46-48-62-49-52(50-63-66(60,61)64-51-53(56)55(58)59)65-54(57)47-45-43-41-39-37-35-33-31-29-24-22-20-18-16-14-12-10-8-6-4-2/h5,7,11,13,17,19,23,25,27-28,52-53H,3-4,6,8-10,12,14-16,18,20-22,24,26,29-51,56H2,1-2H3,(H,58,59)(H,60,61)/b7-5-,13-11-,19-17-,25-23-,28-27-. The molecule has 0 aromatic rings. The number of rotatable bonds is 51. The van der Waals surface area contributed by atoms with Crippen LogP contribution in [0.25, 0.3) is 0 Å². The van der Waals surface area contributed by atoms with Gasteiger partial charge in [-0.1, -0.05) is 235 Å². The molecule has 0 aromatic heterocycles. The molecular formula is C55H100NO9P. The summed E-state index contributed by atoms with van der Waals surface area (Å²) in [7, 11) is -4.63. The monoisotopic (exact) mass is 950 g/mol. The second-order valence-electron chi connectivity index (χ2n) is 18.0. The van der Waals surface area contributed by atoms with Gasteiger partial charge in [0.05, 0.1) is 19.8 Å². The highest BCUT2D eigenvalue weighted by atomic mass is 31.2. The summed E-state index contributed by atoms with van der Waals surface area (Å²) in [4.78, 5) is 33.7. The number of carboxylic acids is 1. The Morgan fingerprint density at radius 1 is 0.500 bits per heavy atom. The lowest BCUT2D eigenvalue weighted by Gasteiger charge is -2.20. The molecule has 0 heterocycles. The molecule has 0 saturated heterocycles. The van der Waals surface area contributed by atoms with Crippen LogP contribution in [0.4, 0.5) is 0 Å². The number of hydrogen-bond donors (Lipinski definition) is 3. The Hall–Kier alpha value is -2.33. The summed E-state index contributed by atoms with van der Waals surface area (Å²) < 4.78 is 33.6. The number of ether oxygens (including phenoxy) is 2. The van der Waals surface area contributed by atoms with Gasteiger partial charge in [-0.2, -0.15) is 0 Å². The van der Waals surface area contributed by atoms with Crippen LogP contribution in [0.3, 0.4) is 0 Å². The van der Waals surface area contributed by atoms with E-state index >= 15 is 0 Å². The van der Waals surface area contributed by atoms with Crippen molar-refractivity contribution in [2.45, 2.75) is 251 Å². The van der Waals surface area contributed by atoms with E-state index in [1.54, 1.807) is 0 Å². The molecule has 0 aliphatic carbocycles. The number of unbranched alkanes of at least 4 members (excludes halogenated alkanes) is 27. The van der Waals surface area contributed by atoms with Crippen molar-refractivity contribution in [1.29, 1.82) is 0 Å². The Morgan fingerprint density at radius 3 is 1.32 bits per heavy atom. The first-order valence-corrected chi connectivity index (χ1v) is 28.3. The number of aliphatic carboxylic acids is 1. The van der Waals surface area contributed by atoms with Gasteiger partial charge in [0.2, 0.25) is 0 Å². The zero-order valence-corrected chi connectivity index (χ0v) is 43.2. The molecule has 4 N–H and O–H groups in total. The molecule has 0 amide bonds. The van der Waals surface area contributed by atoms with E-state index in [0.717, 1.165) is 70.6 Å². The van der Waals surface area contributed by atoms with Crippen molar-refractivity contribution in [3.63, 3.8) is 0 Å². The number of carboxylic acid groups (broad SMARTS) is 1. The first-order valence-electron chi connectivity index (χ1n) is 26.8. The Bertz CT molecular complexity index is 1280. The molecule has 0 radical (unpaired) electrons. The van der Waals surface area contributed by atoms with Crippen LogP contribution in [0, 0.1) is 0 Å². The van der Waals surface area contributed by atoms with Crippen LogP contribution in [0.15, 0.2) is 60.8 Å². The average molecular weight is 950 g/mol. The number of phosphoric acid groups is 1. The van der Waals surface area contributed by atoms with Gasteiger partial charge in [0, 0.05) is 13.0 Å². The maximum absolute atomic E-state index is 12.7. The highest BCUT2D eigenvalue weighted by molar-refractivity contribution is 7.47. The van der Waals surface area contributed by atoms with Gasteiger partial charge in [0.25, 0.3) is 0 Å². The number of carbonyl (C=O) groups excluding carboxylic acids is 1. The zero-order valence-electron chi connectivity index (χ0n) is 42.3. The van der Waals surface area contributed by atoms with Crippen molar-refractivity contribution in [1.82, 2.24) is 0 Å². The lowest BCUT2D eigenvalue weighted by atomic mass is 10.0. The van der Waals surface area contributed by atoms with E-state index in [1.165, 1.54) is 141 Å². The minimum absolute atomic E-state index is 0.0114. The van der Waals surface area contributed by atoms with Crippen molar-refractivity contribution in [2.75, 3.05) is 26.4 Å². The third kappa shape index (κ3) is 49.6. The molecule has 3 atom stereocenters. The van der Waals surface area contributed by atoms with Crippen LogP contribution in [-0.2, 0) is 32.7 Å². The topological polar surface area (TPSA) is 155 Å². The van der Waals surface area contributed by atoms with E-state index < -0.39 is 45.1 Å². The normalized spacial score (nSPS) is 14.1. The van der Waals surface area contributed by atoms with Gasteiger partial charge in [-0.15, -0.1) is 0 Å². The van der Waals surface area contributed by atoms with E-state index in [4.69, 9.17) is 29.4 Å². The van der Waals surface area contributed by atoms with Crippen molar-refractivity contribution in [2.24, 2.45) is 5.73 Å². The molecule has 0 bridgehead atoms. The lowest BCUT2D eigenvalue weighted by molar-refractivity contribution is -0.154. The third-order valence-corrected chi connectivity index (χ3v) is 12.5. The molecule has 3 unspecified atom stereocenters. The van der Waals surface area contributed by atoms with Gasteiger partial charge in [-0.3, -0.25) is 18.6 Å². The van der Waals surface area contributed by atoms with Crippen LogP contribution < -0.4 is 5.73 Å². The number of hydrogen-bond acceptors (Lipinski definition) is 8. The fourth-order valence-electron chi connectivity index (χ4n) is 7.46. The predicted octanol–water partition coefficient (Wildman–Crippen LogP) is 15.9. The van der Waals surface area contributed by atoms with E-state index in [2.05, 4.69) is 74.6 Å². The zero-order chi connectivity index (χ0) is 48.3. The minimum Gasteiger partial charge on any atom is -0.480 e. The Morgan fingerprint density at radius 2 is 0.879 bits per heavy atom. The number of esters is 1. The largest absolute Gasteiger partial charge is 0.480 e. The number of phosphoric ester groups is 1. The second kappa shape index (κ2) is 50.5. The second-order valence-corrected chi connectivity index (χ2v) is 19.4. The van der Waals surface area contributed by atoms with Crippen LogP contribution in [0.5, 0.6) is 0 Å². The maximum Gasteiger partial charge on any atom is 0.472 e. The van der Waals surface area contributed by atoms with Crippen LogP contribution in [-0.4, -0.2) is 60.5 Å². The Kier molecular flexibility index (Phi) is 48.8. The summed E-state index contributed by atoms with van der Waals surface area (Å²) in [6.45, 7) is 3.79. The van der Waals surface area contributed by atoms with Gasteiger partial charge < -0.3 is 25.2 Å². The smallest absolute Gasteiger partial charge is 0.472 e. The van der Waals surface area contributed by atoms with Gasteiger partial charge in [0.1, 0.15) is 12.1 Å². The Labute approximate surface area is 404 Å². The molecule has 0 aliphatic rings. The van der Waals surface area contributed by atoms with E-state index in [-0.39, 0.29) is 13.0 Å². The van der Waals surface area contributed by atoms with Crippen molar-refractivity contribution < 1.29 is 42.7 Å². The first kappa shape index (κ1) is 63.7. The van der Waals surface area contributed by atoms with Gasteiger partial charge >= 0.3 is 19.8 Å². The molecule has 0 fully saturated rings. The summed E-state index contributed by atoms with van der Waals surface area (Å²) in [5.41, 5.74) is 5.38. The predicted molar refractivity (Wildman–Crippen MR) is 277 cm³/mol. The quantitative estimate of drug-likeness (QED) is 0.0232. The Balaban J connectivity index is 4.13. The number of carbonyl (C=O) groups is 2. The van der Waals surface area contributed by atoms with Crippen molar-refractivity contribution in [3.8, 4) is 0 Å².